The summed E-state index contributed by atoms with van der Waals surface area (Å²) in [5.74, 6) is 1.45. The second kappa shape index (κ2) is 4.44. The fourth-order valence-electron chi connectivity index (χ4n) is 1.52. The lowest BCUT2D eigenvalue weighted by atomic mass is 10.3. The van der Waals surface area contributed by atoms with E-state index >= 15 is 0 Å². The van der Waals surface area contributed by atoms with Crippen LogP contribution < -0.4 is 15.0 Å². The van der Waals surface area contributed by atoms with Crippen LogP contribution in [-0.4, -0.2) is 43.3 Å². The molecule has 5 heteroatoms. The molecular weight excluding hydrogens is 192 g/mol. The highest BCUT2D eigenvalue weighted by Crippen LogP contribution is 2.14. The second-order valence-corrected chi connectivity index (χ2v) is 3.85. The van der Waals surface area contributed by atoms with Crippen LogP contribution in [0.15, 0.2) is 12.4 Å². The van der Waals surface area contributed by atoms with Crippen LogP contribution in [0.1, 0.15) is 6.42 Å². The van der Waals surface area contributed by atoms with Crippen LogP contribution in [-0.2, 0) is 0 Å². The van der Waals surface area contributed by atoms with Gasteiger partial charge in [0.1, 0.15) is 6.10 Å². The Morgan fingerprint density at radius 3 is 2.67 bits per heavy atom. The number of nitrogens with zero attached hydrogens (tertiary/aromatic N) is 3. The molecule has 82 valence electrons. The van der Waals surface area contributed by atoms with Crippen molar-refractivity contribution in [2.75, 3.05) is 32.1 Å². The smallest absolute Gasteiger partial charge is 0.224 e. The molecule has 1 aromatic heterocycles. The molecule has 1 aromatic rings. The van der Waals surface area contributed by atoms with Gasteiger partial charge >= 0.3 is 0 Å². The lowest BCUT2D eigenvalue weighted by Crippen LogP contribution is -2.20. The summed E-state index contributed by atoms with van der Waals surface area (Å²) in [6, 6.07) is 0. The van der Waals surface area contributed by atoms with E-state index in [1.807, 2.05) is 19.0 Å². The molecule has 1 atom stereocenters. The Morgan fingerprint density at radius 1 is 1.40 bits per heavy atom. The molecule has 0 aromatic carbocycles. The largest absolute Gasteiger partial charge is 0.486 e. The molecule has 0 bridgehead atoms. The van der Waals surface area contributed by atoms with Crippen LogP contribution in [0, 0.1) is 0 Å². The lowest BCUT2D eigenvalue weighted by molar-refractivity contribution is 0.221. The van der Waals surface area contributed by atoms with E-state index in [-0.39, 0.29) is 6.10 Å². The Labute approximate surface area is 89.5 Å². The third-order valence-corrected chi connectivity index (χ3v) is 2.33. The van der Waals surface area contributed by atoms with Crippen LogP contribution in [0.25, 0.3) is 0 Å². The van der Waals surface area contributed by atoms with E-state index in [1.165, 1.54) is 0 Å². The molecule has 1 saturated heterocycles. The minimum absolute atomic E-state index is 0.263. The van der Waals surface area contributed by atoms with Crippen LogP contribution in [0.2, 0.25) is 0 Å². The molecule has 1 fully saturated rings. The first-order chi connectivity index (χ1) is 7.25. The van der Waals surface area contributed by atoms with Gasteiger partial charge in [0.25, 0.3) is 0 Å². The summed E-state index contributed by atoms with van der Waals surface area (Å²) in [5, 5.41) is 3.25. The van der Waals surface area contributed by atoms with E-state index in [1.54, 1.807) is 12.4 Å². The molecule has 2 rings (SSSR count). The zero-order valence-corrected chi connectivity index (χ0v) is 9.10. The van der Waals surface area contributed by atoms with E-state index in [4.69, 9.17) is 4.74 Å². The van der Waals surface area contributed by atoms with Crippen LogP contribution in [0.3, 0.4) is 0 Å². The van der Waals surface area contributed by atoms with Crippen molar-refractivity contribution >= 4 is 5.95 Å². The molecule has 0 spiro atoms. The summed E-state index contributed by atoms with van der Waals surface area (Å²) in [4.78, 5) is 10.2. The Kier molecular flexibility index (Phi) is 3.01. The predicted octanol–water partition coefficient (Wildman–Crippen LogP) is 0.283. The Bertz CT molecular complexity index is 306. The van der Waals surface area contributed by atoms with Gasteiger partial charge in [-0.05, 0) is 13.0 Å². The molecule has 2 heterocycles. The molecule has 1 unspecified atom stereocenters. The van der Waals surface area contributed by atoms with Crippen molar-refractivity contribution in [3.63, 3.8) is 0 Å². The molecule has 0 saturated carbocycles. The number of nitrogens with one attached hydrogen (secondary N) is 1. The fourth-order valence-corrected chi connectivity index (χ4v) is 1.52. The zero-order valence-electron chi connectivity index (χ0n) is 9.10. The molecule has 5 nitrogen and oxygen atoms in total. The Balaban J connectivity index is 1.97. The van der Waals surface area contributed by atoms with E-state index < -0.39 is 0 Å². The van der Waals surface area contributed by atoms with E-state index in [0.29, 0.717) is 5.95 Å². The quantitative estimate of drug-likeness (QED) is 0.773. The van der Waals surface area contributed by atoms with Gasteiger partial charge in [0, 0.05) is 20.6 Å². The second-order valence-electron chi connectivity index (χ2n) is 3.85. The lowest BCUT2D eigenvalue weighted by Gasteiger charge is -2.13. The van der Waals surface area contributed by atoms with Gasteiger partial charge in [-0.25, -0.2) is 9.97 Å². The van der Waals surface area contributed by atoms with E-state index in [9.17, 15) is 0 Å². The summed E-state index contributed by atoms with van der Waals surface area (Å²) in [7, 11) is 3.83. The van der Waals surface area contributed by atoms with Crippen molar-refractivity contribution in [3.05, 3.63) is 12.4 Å². The van der Waals surface area contributed by atoms with Gasteiger partial charge in [-0.2, -0.15) is 0 Å². The SMILES string of the molecule is CN(C)c1ncc(OC2CCNC2)cn1. The summed E-state index contributed by atoms with van der Waals surface area (Å²) in [6.45, 7) is 1.94. The summed E-state index contributed by atoms with van der Waals surface area (Å²) >= 11 is 0. The highest BCUT2D eigenvalue weighted by atomic mass is 16.5. The first-order valence-corrected chi connectivity index (χ1v) is 5.12. The van der Waals surface area contributed by atoms with E-state index in [2.05, 4.69) is 15.3 Å². The number of anilines is 1. The first kappa shape index (κ1) is 10.2. The molecule has 1 N–H and O–H groups in total. The summed E-state index contributed by atoms with van der Waals surface area (Å²) in [5.41, 5.74) is 0. The Hall–Kier alpha value is -1.36. The van der Waals surface area contributed by atoms with Gasteiger partial charge in [-0.3, -0.25) is 0 Å². The molecular formula is C10H16N4O. The minimum atomic E-state index is 0.263. The highest BCUT2D eigenvalue weighted by Gasteiger charge is 2.16. The van der Waals surface area contributed by atoms with Crippen molar-refractivity contribution in [1.29, 1.82) is 0 Å². The monoisotopic (exact) mass is 208 g/mol. The number of rotatable bonds is 3. The van der Waals surface area contributed by atoms with Gasteiger partial charge in [-0.1, -0.05) is 0 Å². The first-order valence-electron chi connectivity index (χ1n) is 5.12. The number of aromatic nitrogens is 2. The third-order valence-electron chi connectivity index (χ3n) is 2.33. The van der Waals surface area contributed by atoms with Crippen molar-refractivity contribution in [2.45, 2.75) is 12.5 Å². The predicted molar refractivity (Wildman–Crippen MR) is 58.3 cm³/mol. The van der Waals surface area contributed by atoms with Gasteiger partial charge < -0.3 is 15.0 Å². The molecule has 0 radical (unpaired) electrons. The minimum Gasteiger partial charge on any atom is -0.486 e. The Morgan fingerprint density at radius 2 is 2.13 bits per heavy atom. The van der Waals surface area contributed by atoms with Crippen molar-refractivity contribution in [1.82, 2.24) is 15.3 Å². The molecule has 1 aliphatic heterocycles. The molecule has 0 aliphatic carbocycles. The van der Waals surface area contributed by atoms with Crippen molar-refractivity contribution in [2.24, 2.45) is 0 Å². The molecule has 1 aliphatic rings. The average molecular weight is 208 g/mol. The maximum Gasteiger partial charge on any atom is 0.224 e. The third kappa shape index (κ3) is 2.56. The van der Waals surface area contributed by atoms with Gasteiger partial charge in [-0.15, -0.1) is 0 Å². The summed E-state index contributed by atoms with van der Waals surface area (Å²) in [6.07, 6.45) is 4.76. The zero-order chi connectivity index (χ0) is 10.7. The number of ether oxygens (including phenoxy) is 1. The van der Waals surface area contributed by atoms with Crippen molar-refractivity contribution in [3.8, 4) is 5.75 Å². The van der Waals surface area contributed by atoms with Gasteiger partial charge in [0.15, 0.2) is 5.75 Å². The molecule has 0 amide bonds. The summed E-state index contributed by atoms with van der Waals surface area (Å²) < 4.78 is 5.70. The normalized spacial score (nSPS) is 20.3. The van der Waals surface area contributed by atoms with Crippen LogP contribution in [0.5, 0.6) is 5.75 Å². The van der Waals surface area contributed by atoms with Crippen LogP contribution >= 0.6 is 0 Å². The average Bonchev–Trinajstić information content (AvgIpc) is 2.71. The number of hydrogen-bond acceptors (Lipinski definition) is 5. The number of hydrogen-bond donors (Lipinski definition) is 1. The highest BCUT2D eigenvalue weighted by molar-refractivity contribution is 5.28. The maximum absolute atomic E-state index is 5.70. The maximum atomic E-state index is 5.70. The fraction of sp³-hybridized carbons (Fsp3) is 0.600. The van der Waals surface area contributed by atoms with Crippen LogP contribution in [0.4, 0.5) is 5.95 Å². The van der Waals surface area contributed by atoms with Gasteiger partial charge in [0.05, 0.1) is 12.4 Å². The van der Waals surface area contributed by atoms with E-state index in [0.717, 1.165) is 25.3 Å². The topological polar surface area (TPSA) is 50.3 Å². The van der Waals surface area contributed by atoms with Crippen molar-refractivity contribution < 1.29 is 4.74 Å². The standard InChI is InChI=1S/C10H16N4O/c1-14(2)10-12-6-9(7-13-10)15-8-3-4-11-5-8/h6-8,11H,3-5H2,1-2H3. The molecule has 15 heavy (non-hydrogen) atoms. The van der Waals surface area contributed by atoms with Gasteiger partial charge in [0.2, 0.25) is 5.95 Å².